The van der Waals surface area contributed by atoms with Crippen LogP contribution in [0.15, 0.2) is 0 Å². The van der Waals surface area contributed by atoms with Gasteiger partial charge in [-0.3, -0.25) is 0 Å². The van der Waals surface area contributed by atoms with Crippen molar-refractivity contribution in [3.8, 4) is 0 Å². The zero-order chi connectivity index (χ0) is 9.19. The molecule has 1 aliphatic rings. The Morgan fingerprint density at radius 1 is 1.33 bits per heavy atom. The highest BCUT2D eigenvalue weighted by molar-refractivity contribution is 4.86. The van der Waals surface area contributed by atoms with Crippen molar-refractivity contribution in [1.29, 1.82) is 0 Å². The first-order valence-corrected chi connectivity index (χ1v) is 5.28. The highest BCUT2D eigenvalue weighted by Crippen LogP contribution is 2.33. The predicted octanol–water partition coefficient (Wildman–Crippen LogP) is 2.91. The van der Waals surface area contributed by atoms with E-state index >= 15 is 0 Å². The Morgan fingerprint density at radius 2 is 2.00 bits per heavy atom. The summed E-state index contributed by atoms with van der Waals surface area (Å²) < 4.78 is 0. The first-order chi connectivity index (χ1) is 5.58. The Kier molecular flexibility index (Phi) is 3.16. The second kappa shape index (κ2) is 3.78. The van der Waals surface area contributed by atoms with E-state index in [0.717, 1.165) is 6.04 Å². The molecule has 1 heterocycles. The molecule has 0 spiro atoms. The van der Waals surface area contributed by atoms with Gasteiger partial charge in [0.1, 0.15) is 0 Å². The molecule has 0 aromatic carbocycles. The van der Waals surface area contributed by atoms with Crippen LogP contribution in [-0.2, 0) is 0 Å². The summed E-state index contributed by atoms with van der Waals surface area (Å²) in [5.74, 6) is 0. The van der Waals surface area contributed by atoms with Gasteiger partial charge < -0.3 is 4.90 Å². The lowest BCUT2D eigenvalue weighted by molar-refractivity contribution is 0.0731. The van der Waals surface area contributed by atoms with Gasteiger partial charge in [-0.15, -0.1) is 0 Å². The number of piperidine rings is 1. The van der Waals surface area contributed by atoms with E-state index in [1.54, 1.807) is 0 Å². The molecule has 1 atom stereocenters. The molecule has 0 saturated carbocycles. The van der Waals surface area contributed by atoms with E-state index in [-0.39, 0.29) is 0 Å². The van der Waals surface area contributed by atoms with E-state index < -0.39 is 0 Å². The molecule has 1 saturated heterocycles. The van der Waals surface area contributed by atoms with Crippen molar-refractivity contribution in [3.05, 3.63) is 0 Å². The zero-order valence-corrected chi connectivity index (χ0v) is 9.06. The van der Waals surface area contributed by atoms with E-state index in [4.69, 9.17) is 0 Å². The van der Waals surface area contributed by atoms with Crippen LogP contribution in [0.3, 0.4) is 0 Å². The average molecular weight is 169 g/mol. The Labute approximate surface area is 77.1 Å². The van der Waals surface area contributed by atoms with Gasteiger partial charge in [-0.05, 0) is 38.3 Å². The van der Waals surface area contributed by atoms with Crippen LogP contribution in [0, 0.1) is 5.41 Å². The smallest absolute Gasteiger partial charge is 0.0143 e. The summed E-state index contributed by atoms with van der Waals surface area (Å²) in [6, 6.07) is 0.816. The number of hydrogen-bond donors (Lipinski definition) is 0. The van der Waals surface area contributed by atoms with Gasteiger partial charge in [0.15, 0.2) is 0 Å². The van der Waals surface area contributed by atoms with E-state index in [2.05, 4.69) is 32.7 Å². The Hall–Kier alpha value is -0.0400. The topological polar surface area (TPSA) is 3.24 Å². The van der Waals surface area contributed by atoms with Gasteiger partial charge in [0, 0.05) is 6.04 Å². The van der Waals surface area contributed by atoms with Crippen molar-refractivity contribution in [3.63, 3.8) is 0 Å². The van der Waals surface area contributed by atoms with E-state index in [9.17, 15) is 0 Å². The largest absolute Gasteiger partial charge is 0.303 e. The summed E-state index contributed by atoms with van der Waals surface area (Å²) >= 11 is 0. The number of hydrogen-bond acceptors (Lipinski definition) is 1. The molecule has 1 heteroatoms. The Bertz CT molecular complexity index is 140. The summed E-state index contributed by atoms with van der Waals surface area (Å²) in [5.41, 5.74) is 0.509. The third-order valence-electron chi connectivity index (χ3n) is 3.58. The summed E-state index contributed by atoms with van der Waals surface area (Å²) in [5, 5.41) is 0. The van der Waals surface area contributed by atoms with E-state index in [1.165, 1.54) is 32.2 Å². The molecule has 72 valence electrons. The van der Waals surface area contributed by atoms with Crippen molar-refractivity contribution in [2.24, 2.45) is 5.41 Å². The fourth-order valence-corrected chi connectivity index (χ4v) is 2.30. The van der Waals surface area contributed by atoms with Crippen LogP contribution in [-0.4, -0.2) is 24.5 Å². The number of likely N-dealkylation sites (tertiary alicyclic amines) is 1. The minimum absolute atomic E-state index is 0.509. The third-order valence-corrected chi connectivity index (χ3v) is 3.58. The molecule has 1 unspecified atom stereocenters. The SMILES string of the molecule is CCC(C)(C)C1CCCCN1C. The van der Waals surface area contributed by atoms with Gasteiger partial charge in [0.25, 0.3) is 0 Å². The third kappa shape index (κ3) is 2.01. The minimum atomic E-state index is 0.509. The molecular formula is C11H23N. The normalized spacial score (nSPS) is 27.5. The van der Waals surface area contributed by atoms with Crippen LogP contribution in [0.5, 0.6) is 0 Å². The Morgan fingerprint density at radius 3 is 2.50 bits per heavy atom. The standard InChI is InChI=1S/C11H23N/c1-5-11(2,3)10-8-6-7-9-12(10)4/h10H,5-9H2,1-4H3. The van der Waals surface area contributed by atoms with Crippen LogP contribution in [0.2, 0.25) is 0 Å². The van der Waals surface area contributed by atoms with Gasteiger partial charge >= 0.3 is 0 Å². The van der Waals surface area contributed by atoms with Crippen LogP contribution < -0.4 is 0 Å². The molecule has 12 heavy (non-hydrogen) atoms. The minimum Gasteiger partial charge on any atom is -0.303 e. The second-order valence-corrected chi connectivity index (χ2v) is 4.83. The van der Waals surface area contributed by atoms with Gasteiger partial charge in [0.2, 0.25) is 0 Å². The molecule has 1 aliphatic heterocycles. The van der Waals surface area contributed by atoms with Crippen LogP contribution in [0.25, 0.3) is 0 Å². The quantitative estimate of drug-likeness (QED) is 0.614. The maximum absolute atomic E-state index is 2.55. The van der Waals surface area contributed by atoms with Crippen LogP contribution in [0.4, 0.5) is 0 Å². The van der Waals surface area contributed by atoms with E-state index in [0.29, 0.717) is 5.41 Å². The molecule has 1 nitrogen and oxygen atoms in total. The molecule has 0 radical (unpaired) electrons. The van der Waals surface area contributed by atoms with Gasteiger partial charge in [0.05, 0.1) is 0 Å². The van der Waals surface area contributed by atoms with Crippen molar-refractivity contribution in [2.75, 3.05) is 13.6 Å². The molecule has 0 aromatic heterocycles. The summed E-state index contributed by atoms with van der Waals surface area (Å²) in [6.45, 7) is 8.41. The van der Waals surface area contributed by atoms with Gasteiger partial charge in [-0.25, -0.2) is 0 Å². The van der Waals surface area contributed by atoms with Crippen LogP contribution >= 0.6 is 0 Å². The number of nitrogens with zero attached hydrogens (tertiary/aromatic N) is 1. The van der Waals surface area contributed by atoms with Gasteiger partial charge in [-0.1, -0.05) is 27.2 Å². The summed E-state index contributed by atoms with van der Waals surface area (Å²) in [6.07, 6.45) is 5.52. The predicted molar refractivity (Wildman–Crippen MR) is 54.3 cm³/mol. The van der Waals surface area contributed by atoms with E-state index in [1.807, 2.05) is 0 Å². The highest BCUT2D eigenvalue weighted by atomic mass is 15.1. The molecule has 0 N–H and O–H groups in total. The molecule has 1 rings (SSSR count). The lowest BCUT2D eigenvalue weighted by atomic mass is 9.77. The maximum atomic E-state index is 2.55. The molecule has 0 bridgehead atoms. The van der Waals surface area contributed by atoms with Crippen molar-refractivity contribution in [2.45, 2.75) is 52.5 Å². The first-order valence-electron chi connectivity index (χ1n) is 5.28. The lowest BCUT2D eigenvalue weighted by Crippen LogP contribution is -2.45. The highest BCUT2D eigenvalue weighted by Gasteiger charge is 2.32. The first kappa shape index (κ1) is 10.0. The lowest BCUT2D eigenvalue weighted by Gasteiger charge is -2.43. The van der Waals surface area contributed by atoms with Crippen molar-refractivity contribution >= 4 is 0 Å². The summed E-state index contributed by atoms with van der Waals surface area (Å²) in [7, 11) is 2.28. The number of rotatable bonds is 2. The van der Waals surface area contributed by atoms with Crippen LogP contribution in [0.1, 0.15) is 46.5 Å². The molecule has 0 amide bonds. The molecule has 0 aromatic rings. The van der Waals surface area contributed by atoms with Gasteiger partial charge in [-0.2, -0.15) is 0 Å². The Balaban J connectivity index is 2.58. The zero-order valence-electron chi connectivity index (χ0n) is 9.06. The average Bonchev–Trinajstić information content (AvgIpc) is 2.05. The summed E-state index contributed by atoms with van der Waals surface area (Å²) in [4.78, 5) is 2.55. The fourth-order valence-electron chi connectivity index (χ4n) is 2.30. The fraction of sp³-hybridized carbons (Fsp3) is 1.00. The van der Waals surface area contributed by atoms with Crippen molar-refractivity contribution < 1.29 is 0 Å². The molecule has 1 fully saturated rings. The monoisotopic (exact) mass is 169 g/mol. The molecule has 0 aliphatic carbocycles. The van der Waals surface area contributed by atoms with Crippen molar-refractivity contribution in [1.82, 2.24) is 4.90 Å². The second-order valence-electron chi connectivity index (χ2n) is 4.83. The maximum Gasteiger partial charge on any atom is 0.0143 e. The molecular weight excluding hydrogens is 146 g/mol.